The first-order valence-corrected chi connectivity index (χ1v) is 9.38. The molecule has 1 aromatic rings. The van der Waals surface area contributed by atoms with Gasteiger partial charge in [0.2, 0.25) is 0 Å². The average molecular weight is 349 g/mol. The number of rotatable bonds is 10. The maximum Gasteiger partial charge on any atom is 0.326 e. The highest BCUT2D eigenvalue weighted by molar-refractivity contribution is 8.15. The van der Waals surface area contributed by atoms with Gasteiger partial charge in [-0.25, -0.2) is 0 Å². The van der Waals surface area contributed by atoms with E-state index in [-0.39, 0.29) is 17.7 Å². The summed E-state index contributed by atoms with van der Waals surface area (Å²) in [6, 6.07) is 9.55. The Kier molecular flexibility index (Phi) is 9.46. The summed E-state index contributed by atoms with van der Waals surface area (Å²) >= 11 is 1.01. The minimum Gasteiger partial charge on any atom is -0.460 e. The Hall–Kier alpha value is -1.55. The lowest BCUT2D eigenvalue weighted by atomic mass is 10.1. The average Bonchev–Trinajstić information content (AvgIpc) is 2.56. The van der Waals surface area contributed by atoms with E-state index < -0.39 is 4.75 Å². The topological polar surface area (TPSA) is 43.4 Å². The molecule has 1 aromatic carbocycles. The van der Waals surface area contributed by atoms with Gasteiger partial charge < -0.3 is 4.74 Å². The van der Waals surface area contributed by atoms with E-state index >= 15 is 0 Å². The van der Waals surface area contributed by atoms with Crippen LogP contribution >= 0.6 is 11.8 Å². The Balaban J connectivity index is 2.62. The van der Waals surface area contributed by atoms with E-state index in [0.717, 1.165) is 30.2 Å². The zero-order valence-corrected chi connectivity index (χ0v) is 15.7. The van der Waals surface area contributed by atoms with Gasteiger partial charge in [0, 0.05) is 6.92 Å². The summed E-state index contributed by atoms with van der Waals surface area (Å²) in [5.41, 5.74) is 0.935. The third-order valence-electron chi connectivity index (χ3n) is 3.63. The molecule has 0 amide bonds. The molecule has 0 saturated heterocycles. The highest BCUT2D eigenvalue weighted by Gasteiger charge is 2.34. The lowest BCUT2D eigenvalue weighted by molar-refractivity contribution is -0.146. The van der Waals surface area contributed by atoms with Crippen LogP contribution in [-0.2, 0) is 20.9 Å². The van der Waals surface area contributed by atoms with E-state index in [9.17, 15) is 9.59 Å². The van der Waals surface area contributed by atoms with Crippen molar-refractivity contribution in [3.8, 4) is 0 Å². The predicted molar refractivity (Wildman–Crippen MR) is 101 cm³/mol. The number of ether oxygens (including phenoxy) is 1. The third-order valence-corrected chi connectivity index (χ3v) is 4.65. The first-order chi connectivity index (χ1) is 11.5. The van der Waals surface area contributed by atoms with Crippen LogP contribution in [0.5, 0.6) is 0 Å². The summed E-state index contributed by atoms with van der Waals surface area (Å²) < 4.78 is 4.46. The van der Waals surface area contributed by atoms with Crippen LogP contribution in [0.3, 0.4) is 0 Å². The molecule has 0 spiro atoms. The molecule has 132 valence electrons. The maximum atomic E-state index is 12.5. The van der Waals surface area contributed by atoms with Gasteiger partial charge in [0.25, 0.3) is 0 Å². The summed E-state index contributed by atoms with van der Waals surface area (Å²) in [5, 5.41) is -0.0928. The SMILES string of the molecule is CCCCCC/C=C/[C@](C)(SC(C)=O)C(=O)OCc1ccccc1. The van der Waals surface area contributed by atoms with E-state index in [2.05, 4.69) is 6.92 Å². The fourth-order valence-electron chi connectivity index (χ4n) is 2.31. The molecule has 3 nitrogen and oxygen atoms in total. The number of esters is 1. The number of hydrogen-bond donors (Lipinski definition) is 0. The van der Waals surface area contributed by atoms with Crippen LogP contribution in [0.25, 0.3) is 0 Å². The van der Waals surface area contributed by atoms with Crippen molar-refractivity contribution in [2.45, 2.75) is 64.2 Å². The van der Waals surface area contributed by atoms with Crippen molar-refractivity contribution in [3.63, 3.8) is 0 Å². The van der Waals surface area contributed by atoms with Crippen molar-refractivity contribution in [1.29, 1.82) is 0 Å². The molecule has 0 N–H and O–H groups in total. The smallest absolute Gasteiger partial charge is 0.326 e. The Morgan fingerprint density at radius 3 is 2.50 bits per heavy atom. The van der Waals surface area contributed by atoms with Gasteiger partial charge in [-0.3, -0.25) is 9.59 Å². The number of benzene rings is 1. The Bertz CT molecular complexity index is 539. The van der Waals surface area contributed by atoms with Gasteiger partial charge in [0.1, 0.15) is 11.4 Å². The minimum absolute atomic E-state index is 0.0928. The van der Waals surface area contributed by atoms with Crippen LogP contribution in [0.2, 0.25) is 0 Å². The normalized spacial score (nSPS) is 13.6. The van der Waals surface area contributed by atoms with Gasteiger partial charge in [-0.15, -0.1) is 0 Å². The molecule has 1 atom stereocenters. The Labute approximate surface area is 149 Å². The highest BCUT2D eigenvalue weighted by Crippen LogP contribution is 2.29. The predicted octanol–water partition coefficient (Wildman–Crippen LogP) is 5.29. The summed E-state index contributed by atoms with van der Waals surface area (Å²) in [5.74, 6) is -0.378. The quantitative estimate of drug-likeness (QED) is 0.327. The second-order valence-corrected chi connectivity index (χ2v) is 7.64. The van der Waals surface area contributed by atoms with Crippen LogP contribution < -0.4 is 0 Å². The fraction of sp³-hybridized carbons (Fsp3) is 0.500. The number of carbonyl (C=O) groups excluding carboxylic acids is 2. The third kappa shape index (κ3) is 7.82. The van der Waals surface area contributed by atoms with Crippen LogP contribution in [0.15, 0.2) is 42.5 Å². The van der Waals surface area contributed by atoms with E-state index in [4.69, 9.17) is 4.74 Å². The first kappa shape index (κ1) is 20.5. The molecule has 24 heavy (non-hydrogen) atoms. The van der Waals surface area contributed by atoms with Crippen molar-refractivity contribution in [2.75, 3.05) is 0 Å². The van der Waals surface area contributed by atoms with Gasteiger partial charge >= 0.3 is 5.97 Å². The molecular formula is C20H28O3S. The van der Waals surface area contributed by atoms with Gasteiger partial charge in [-0.2, -0.15) is 0 Å². The van der Waals surface area contributed by atoms with E-state index in [0.29, 0.717) is 0 Å². The molecule has 0 aromatic heterocycles. The summed E-state index contributed by atoms with van der Waals surface area (Å²) in [6.45, 7) is 5.62. The molecule has 0 heterocycles. The van der Waals surface area contributed by atoms with Gasteiger partial charge in [-0.1, -0.05) is 80.4 Å². The fourth-order valence-corrected chi connectivity index (χ4v) is 3.21. The van der Waals surface area contributed by atoms with E-state index in [1.165, 1.54) is 26.2 Å². The summed E-state index contributed by atoms with van der Waals surface area (Å²) in [4.78, 5) is 24.0. The molecule has 0 aliphatic heterocycles. The van der Waals surface area contributed by atoms with Crippen molar-refractivity contribution in [3.05, 3.63) is 48.0 Å². The number of allylic oxidation sites excluding steroid dienone is 1. The zero-order valence-electron chi connectivity index (χ0n) is 14.9. The van der Waals surface area contributed by atoms with Gasteiger partial charge in [-0.05, 0) is 25.3 Å². The van der Waals surface area contributed by atoms with Crippen LogP contribution in [-0.4, -0.2) is 15.8 Å². The standard InChI is InChI=1S/C20H28O3S/c1-4-5-6-7-8-12-15-20(3,24-17(2)21)19(22)23-16-18-13-10-9-11-14-18/h9-15H,4-8,16H2,1-3H3/b15-12+/t20-/m0/s1. The van der Waals surface area contributed by atoms with Crippen LogP contribution in [0, 0.1) is 0 Å². The molecule has 0 fully saturated rings. The highest BCUT2D eigenvalue weighted by atomic mass is 32.2. The molecule has 1 rings (SSSR count). The second kappa shape index (κ2) is 11.1. The largest absolute Gasteiger partial charge is 0.460 e. The van der Waals surface area contributed by atoms with E-state index in [1.54, 1.807) is 6.92 Å². The molecule has 0 bridgehead atoms. The number of hydrogen-bond acceptors (Lipinski definition) is 4. The molecule has 0 saturated carbocycles. The number of carbonyl (C=O) groups is 2. The molecule has 0 radical (unpaired) electrons. The van der Waals surface area contributed by atoms with Gasteiger partial charge in [0.05, 0.1) is 0 Å². The zero-order chi connectivity index (χ0) is 17.8. The molecule has 0 aliphatic rings. The minimum atomic E-state index is -0.967. The lowest BCUT2D eigenvalue weighted by Gasteiger charge is -2.22. The van der Waals surface area contributed by atoms with Crippen molar-refractivity contribution in [1.82, 2.24) is 0 Å². The van der Waals surface area contributed by atoms with Crippen molar-refractivity contribution < 1.29 is 14.3 Å². The summed E-state index contributed by atoms with van der Waals surface area (Å²) in [7, 11) is 0. The number of unbranched alkanes of at least 4 members (excludes halogenated alkanes) is 4. The molecule has 4 heteroatoms. The molecule has 0 aliphatic carbocycles. The summed E-state index contributed by atoms with van der Waals surface area (Å²) in [6.07, 6.45) is 9.45. The molecular weight excluding hydrogens is 320 g/mol. The maximum absolute atomic E-state index is 12.5. The Morgan fingerprint density at radius 2 is 1.88 bits per heavy atom. The molecule has 0 unspecified atom stereocenters. The van der Waals surface area contributed by atoms with Crippen LogP contribution in [0.1, 0.15) is 58.4 Å². The monoisotopic (exact) mass is 348 g/mol. The van der Waals surface area contributed by atoms with Crippen molar-refractivity contribution in [2.24, 2.45) is 0 Å². The number of thioether (sulfide) groups is 1. The lowest BCUT2D eigenvalue weighted by Crippen LogP contribution is -2.32. The van der Waals surface area contributed by atoms with Crippen molar-refractivity contribution >= 4 is 22.8 Å². The second-order valence-electron chi connectivity index (χ2n) is 6.01. The van der Waals surface area contributed by atoms with E-state index in [1.807, 2.05) is 42.5 Å². The Morgan fingerprint density at radius 1 is 1.17 bits per heavy atom. The first-order valence-electron chi connectivity index (χ1n) is 8.56. The van der Waals surface area contributed by atoms with Crippen LogP contribution in [0.4, 0.5) is 0 Å². The van der Waals surface area contributed by atoms with Gasteiger partial charge in [0.15, 0.2) is 5.12 Å².